The Labute approximate surface area is 161 Å². The summed E-state index contributed by atoms with van der Waals surface area (Å²) >= 11 is 0. The second kappa shape index (κ2) is 8.40. The van der Waals surface area contributed by atoms with E-state index in [1.165, 1.54) is 42.5 Å². The molecule has 1 aromatic carbocycles. The molecular weight excluding hydrogens is 338 g/mol. The van der Waals surface area contributed by atoms with E-state index in [0.717, 1.165) is 38.4 Å². The van der Waals surface area contributed by atoms with Gasteiger partial charge < -0.3 is 15.0 Å². The highest BCUT2D eigenvalue weighted by atomic mass is 16.5. The maximum absolute atomic E-state index is 5.82. The van der Waals surface area contributed by atoms with E-state index < -0.39 is 0 Å². The minimum atomic E-state index is 0.275. The molecule has 0 aliphatic carbocycles. The average molecular weight is 370 g/mol. The third-order valence-corrected chi connectivity index (χ3v) is 5.96. The summed E-state index contributed by atoms with van der Waals surface area (Å²) in [5, 5.41) is 12.1. The van der Waals surface area contributed by atoms with Crippen molar-refractivity contribution >= 4 is 5.69 Å². The molecule has 1 aromatic heterocycles. The second-order valence-corrected chi connectivity index (χ2v) is 7.86. The lowest BCUT2D eigenvalue weighted by molar-refractivity contribution is 0.00370. The number of benzene rings is 1. The molecular formula is C21H31N5O. The van der Waals surface area contributed by atoms with Gasteiger partial charge in [-0.05, 0) is 63.8 Å². The first-order valence-electron chi connectivity index (χ1n) is 10.3. The zero-order valence-corrected chi connectivity index (χ0v) is 16.5. The van der Waals surface area contributed by atoms with Crippen LogP contribution in [-0.4, -0.2) is 53.9 Å². The number of hydrogen-bond acceptors (Lipinski definition) is 5. The monoisotopic (exact) mass is 369 g/mol. The lowest BCUT2D eigenvalue weighted by Gasteiger charge is -2.33. The van der Waals surface area contributed by atoms with Crippen molar-refractivity contribution in [3.63, 3.8) is 0 Å². The van der Waals surface area contributed by atoms with Gasteiger partial charge in [0, 0.05) is 37.0 Å². The number of ether oxygens (including phenoxy) is 1. The van der Waals surface area contributed by atoms with Crippen LogP contribution in [0.25, 0.3) is 11.3 Å². The Hall–Kier alpha value is -1.92. The first-order chi connectivity index (χ1) is 13.2. The Morgan fingerprint density at radius 3 is 2.74 bits per heavy atom. The summed E-state index contributed by atoms with van der Waals surface area (Å²) in [5.74, 6) is 0. The number of hydrogen-bond donors (Lipinski definition) is 1. The maximum Gasteiger partial charge on any atom is 0.113 e. The number of nitrogens with one attached hydrogen (secondary N) is 1. The van der Waals surface area contributed by atoms with Crippen molar-refractivity contribution in [2.45, 2.75) is 57.7 Å². The molecule has 0 amide bonds. The number of nitrogens with zero attached hydrogens (tertiary/aromatic N) is 4. The van der Waals surface area contributed by atoms with Gasteiger partial charge in [0.25, 0.3) is 0 Å². The van der Waals surface area contributed by atoms with Gasteiger partial charge in [-0.15, -0.1) is 5.10 Å². The normalized spacial score (nSPS) is 21.6. The van der Waals surface area contributed by atoms with Crippen LogP contribution in [0, 0.1) is 6.92 Å². The fourth-order valence-electron chi connectivity index (χ4n) is 4.23. The summed E-state index contributed by atoms with van der Waals surface area (Å²) in [4.78, 5) is 2.49. The Morgan fingerprint density at radius 2 is 2.04 bits per heavy atom. The summed E-state index contributed by atoms with van der Waals surface area (Å²) in [6.07, 6.45) is 8.28. The van der Waals surface area contributed by atoms with E-state index in [9.17, 15) is 0 Å². The molecule has 0 unspecified atom stereocenters. The number of anilines is 1. The summed E-state index contributed by atoms with van der Waals surface area (Å²) in [5.41, 5.74) is 4.68. The van der Waals surface area contributed by atoms with Crippen LogP contribution in [-0.2, 0) is 11.3 Å². The molecule has 0 radical (unpaired) electrons. The Morgan fingerprint density at radius 1 is 1.19 bits per heavy atom. The molecule has 2 aliphatic heterocycles. The number of aromatic nitrogens is 3. The molecule has 146 valence electrons. The van der Waals surface area contributed by atoms with E-state index >= 15 is 0 Å². The molecule has 4 rings (SSSR count). The fourth-order valence-corrected chi connectivity index (χ4v) is 4.23. The predicted molar refractivity (Wildman–Crippen MR) is 108 cm³/mol. The van der Waals surface area contributed by atoms with E-state index in [1.807, 2.05) is 4.68 Å². The van der Waals surface area contributed by atoms with E-state index in [0.29, 0.717) is 6.04 Å². The van der Waals surface area contributed by atoms with Crippen molar-refractivity contribution in [1.29, 1.82) is 0 Å². The van der Waals surface area contributed by atoms with Gasteiger partial charge in [-0.2, -0.15) is 0 Å². The molecule has 2 aromatic rings. The van der Waals surface area contributed by atoms with E-state index in [4.69, 9.17) is 4.74 Å². The minimum absolute atomic E-state index is 0.275. The van der Waals surface area contributed by atoms with Crippen molar-refractivity contribution < 1.29 is 4.74 Å². The molecule has 1 atom stereocenters. The van der Waals surface area contributed by atoms with Crippen LogP contribution in [0.1, 0.15) is 37.7 Å². The molecule has 2 saturated heterocycles. The zero-order chi connectivity index (χ0) is 18.6. The summed E-state index contributed by atoms with van der Waals surface area (Å²) in [6, 6.07) is 7.37. The van der Waals surface area contributed by atoms with Crippen LogP contribution in [0.2, 0.25) is 0 Å². The molecule has 0 saturated carbocycles. The van der Waals surface area contributed by atoms with Gasteiger partial charge in [-0.1, -0.05) is 11.3 Å². The first-order valence-corrected chi connectivity index (χ1v) is 10.3. The van der Waals surface area contributed by atoms with Crippen LogP contribution in [0.4, 0.5) is 5.69 Å². The highest BCUT2D eigenvalue weighted by Crippen LogP contribution is 2.28. The largest absolute Gasteiger partial charge is 0.376 e. The molecule has 27 heavy (non-hydrogen) atoms. The van der Waals surface area contributed by atoms with E-state index in [2.05, 4.69) is 58.9 Å². The molecule has 0 bridgehead atoms. The molecule has 6 nitrogen and oxygen atoms in total. The number of piperidine rings is 1. The van der Waals surface area contributed by atoms with Gasteiger partial charge in [0.1, 0.15) is 5.69 Å². The zero-order valence-electron chi connectivity index (χ0n) is 16.5. The van der Waals surface area contributed by atoms with Gasteiger partial charge in [-0.25, -0.2) is 4.68 Å². The van der Waals surface area contributed by atoms with E-state index in [1.54, 1.807) is 0 Å². The molecule has 0 spiro atoms. The average Bonchev–Trinajstić information content (AvgIpc) is 3.17. The van der Waals surface area contributed by atoms with Gasteiger partial charge >= 0.3 is 0 Å². The predicted octanol–water partition coefficient (Wildman–Crippen LogP) is 3.01. The highest BCUT2D eigenvalue weighted by Gasteiger charge is 2.19. The Kier molecular flexibility index (Phi) is 5.74. The van der Waals surface area contributed by atoms with Crippen LogP contribution in [0.5, 0.6) is 0 Å². The van der Waals surface area contributed by atoms with Crippen LogP contribution in [0.15, 0.2) is 24.4 Å². The molecule has 3 heterocycles. The lowest BCUT2D eigenvalue weighted by atomic mass is 10.0. The lowest BCUT2D eigenvalue weighted by Crippen LogP contribution is -2.41. The molecule has 1 N–H and O–H groups in total. The Bertz CT molecular complexity index is 745. The van der Waals surface area contributed by atoms with Crippen LogP contribution >= 0.6 is 0 Å². The van der Waals surface area contributed by atoms with Crippen molar-refractivity contribution in [3.05, 3.63) is 30.0 Å². The SMILES string of the molecule is CNC1CCN(c2ccc(-c3cn(C[C@H]4CCCCO4)nn3)c(C)c2)CC1. The van der Waals surface area contributed by atoms with Gasteiger partial charge in [0.15, 0.2) is 0 Å². The number of aryl methyl sites for hydroxylation is 1. The third-order valence-electron chi connectivity index (χ3n) is 5.96. The number of rotatable bonds is 5. The van der Waals surface area contributed by atoms with Gasteiger partial charge in [-0.3, -0.25) is 0 Å². The smallest absolute Gasteiger partial charge is 0.113 e. The topological polar surface area (TPSA) is 55.2 Å². The van der Waals surface area contributed by atoms with Crippen molar-refractivity contribution in [2.24, 2.45) is 0 Å². The van der Waals surface area contributed by atoms with Crippen LogP contribution < -0.4 is 10.2 Å². The molecule has 2 aliphatic rings. The van der Waals surface area contributed by atoms with Crippen molar-refractivity contribution in [3.8, 4) is 11.3 Å². The molecule has 2 fully saturated rings. The van der Waals surface area contributed by atoms with E-state index in [-0.39, 0.29) is 6.10 Å². The standard InChI is InChI=1S/C21H31N5O/c1-16-13-18(25-10-8-17(22-2)9-11-25)6-7-20(16)21-15-26(24-23-21)14-19-5-3-4-12-27-19/h6-7,13,15,17,19,22H,3-5,8-12,14H2,1-2H3/t19-/m1/s1. The minimum Gasteiger partial charge on any atom is -0.376 e. The maximum atomic E-state index is 5.82. The quantitative estimate of drug-likeness (QED) is 0.878. The summed E-state index contributed by atoms with van der Waals surface area (Å²) in [6.45, 7) is 6.06. The second-order valence-electron chi connectivity index (χ2n) is 7.86. The molecule has 6 heteroatoms. The van der Waals surface area contributed by atoms with Crippen molar-refractivity contribution in [2.75, 3.05) is 31.6 Å². The third kappa shape index (κ3) is 4.33. The first kappa shape index (κ1) is 18.4. The fraction of sp³-hybridized carbons (Fsp3) is 0.619. The summed E-state index contributed by atoms with van der Waals surface area (Å²) < 4.78 is 7.75. The van der Waals surface area contributed by atoms with Crippen LogP contribution in [0.3, 0.4) is 0 Å². The van der Waals surface area contributed by atoms with Gasteiger partial charge in [0.05, 0.1) is 18.8 Å². The van der Waals surface area contributed by atoms with Gasteiger partial charge in [0.2, 0.25) is 0 Å². The summed E-state index contributed by atoms with van der Waals surface area (Å²) in [7, 11) is 2.06. The Balaban J connectivity index is 1.43. The van der Waals surface area contributed by atoms with Crippen molar-refractivity contribution in [1.82, 2.24) is 20.3 Å². The highest BCUT2D eigenvalue weighted by molar-refractivity contribution is 5.67.